The zero-order chi connectivity index (χ0) is 16.8. The monoisotopic (exact) mass is 320 g/mol. The van der Waals surface area contributed by atoms with Crippen molar-refractivity contribution >= 4 is 10.8 Å². The van der Waals surface area contributed by atoms with E-state index in [-0.39, 0.29) is 17.4 Å². The van der Waals surface area contributed by atoms with Crippen molar-refractivity contribution < 1.29 is 5.11 Å². The SMILES string of the molecule is C[C@H](N)c1c2c3c(ccc(O)c3c(=O)n1-c1ccccc1)CCC2. The summed E-state index contributed by atoms with van der Waals surface area (Å²) in [6.07, 6.45) is 2.83. The molecule has 4 rings (SSSR count). The zero-order valence-electron chi connectivity index (χ0n) is 13.6. The summed E-state index contributed by atoms with van der Waals surface area (Å²) >= 11 is 0. The maximum atomic E-state index is 13.3. The molecule has 4 nitrogen and oxygen atoms in total. The van der Waals surface area contributed by atoms with Crippen LogP contribution < -0.4 is 11.3 Å². The molecule has 3 aromatic rings. The van der Waals surface area contributed by atoms with Crippen molar-refractivity contribution in [1.29, 1.82) is 0 Å². The number of nitrogens with two attached hydrogens (primary N) is 1. The lowest BCUT2D eigenvalue weighted by atomic mass is 9.86. The van der Waals surface area contributed by atoms with Gasteiger partial charge in [-0.25, -0.2) is 0 Å². The number of nitrogens with zero attached hydrogens (tertiary/aromatic N) is 1. The van der Waals surface area contributed by atoms with E-state index in [1.165, 1.54) is 0 Å². The van der Waals surface area contributed by atoms with Gasteiger partial charge in [-0.3, -0.25) is 9.36 Å². The van der Waals surface area contributed by atoms with Crippen molar-refractivity contribution in [2.75, 3.05) is 0 Å². The van der Waals surface area contributed by atoms with Crippen LogP contribution in [-0.2, 0) is 12.8 Å². The van der Waals surface area contributed by atoms with Crippen LogP contribution >= 0.6 is 0 Å². The highest BCUT2D eigenvalue weighted by Gasteiger charge is 2.25. The summed E-state index contributed by atoms with van der Waals surface area (Å²) in [5.74, 6) is 0.0443. The highest BCUT2D eigenvalue weighted by molar-refractivity contribution is 5.94. The minimum Gasteiger partial charge on any atom is -0.507 e. The average molecular weight is 320 g/mol. The van der Waals surface area contributed by atoms with E-state index < -0.39 is 0 Å². The molecule has 1 aromatic heterocycles. The van der Waals surface area contributed by atoms with Gasteiger partial charge in [0.25, 0.3) is 5.56 Å². The molecule has 0 aliphatic heterocycles. The van der Waals surface area contributed by atoms with E-state index in [0.717, 1.165) is 47.2 Å². The predicted molar refractivity (Wildman–Crippen MR) is 95.8 cm³/mol. The number of rotatable bonds is 2. The second-order valence-corrected chi connectivity index (χ2v) is 6.48. The van der Waals surface area contributed by atoms with E-state index in [9.17, 15) is 9.90 Å². The van der Waals surface area contributed by atoms with Crippen molar-refractivity contribution in [3.05, 3.63) is 69.6 Å². The van der Waals surface area contributed by atoms with Gasteiger partial charge in [-0.15, -0.1) is 0 Å². The lowest BCUT2D eigenvalue weighted by molar-refractivity contribution is 0.480. The number of pyridine rings is 1. The van der Waals surface area contributed by atoms with Gasteiger partial charge in [0.15, 0.2) is 0 Å². The molecule has 1 atom stereocenters. The zero-order valence-corrected chi connectivity index (χ0v) is 13.6. The number of hydrogen-bond donors (Lipinski definition) is 2. The van der Waals surface area contributed by atoms with Crippen LogP contribution in [-0.4, -0.2) is 9.67 Å². The number of aromatic nitrogens is 1. The topological polar surface area (TPSA) is 68.2 Å². The lowest BCUT2D eigenvalue weighted by Crippen LogP contribution is -2.29. The van der Waals surface area contributed by atoms with Crippen molar-refractivity contribution in [3.63, 3.8) is 0 Å². The van der Waals surface area contributed by atoms with E-state index in [1.54, 1.807) is 10.6 Å². The summed E-state index contributed by atoms with van der Waals surface area (Å²) < 4.78 is 1.68. The van der Waals surface area contributed by atoms with E-state index >= 15 is 0 Å². The number of hydrogen-bond acceptors (Lipinski definition) is 3. The summed E-state index contributed by atoms with van der Waals surface area (Å²) in [5, 5.41) is 11.7. The van der Waals surface area contributed by atoms with Gasteiger partial charge in [-0.05, 0) is 60.9 Å². The molecule has 0 fully saturated rings. The third kappa shape index (κ3) is 2.07. The van der Waals surface area contributed by atoms with Crippen LogP contribution in [0.2, 0.25) is 0 Å². The third-order valence-corrected chi connectivity index (χ3v) is 4.86. The molecule has 0 amide bonds. The van der Waals surface area contributed by atoms with Gasteiger partial charge in [0, 0.05) is 17.4 Å². The Morgan fingerprint density at radius 3 is 2.54 bits per heavy atom. The van der Waals surface area contributed by atoms with Crippen LogP contribution in [0.5, 0.6) is 5.75 Å². The first kappa shape index (κ1) is 15.0. The Balaban J connectivity index is 2.25. The number of aromatic hydroxyl groups is 1. The number of phenols is 1. The molecule has 0 saturated carbocycles. The fraction of sp³-hybridized carbons (Fsp3) is 0.250. The highest BCUT2D eigenvalue weighted by atomic mass is 16.3. The molecule has 4 heteroatoms. The van der Waals surface area contributed by atoms with Crippen molar-refractivity contribution in [1.82, 2.24) is 4.57 Å². The normalized spacial score (nSPS) is 14.8. The molecule has 0 unspecified atom stereocenters. The van der Waals surface area contributed by atoms with Gasteiger partial charge in [-0.1, -0.05) is 24.3 Å². The van der Waals surface area contributed by atoms with Gasteiger partial charge >= 0.3 is 0 Å². The highest BCUT2D eigenvalue weighted by Crippen LogP contribution is 2.36. The third-order valence-electron chi connectivity index (χ3n) is 4.86. The first-order valence-electron chi connectivity index (χ1n) is 8.33. The average Bonchev–Trinajstić information content (AvgIpc) is 2.59. The summed E-state index contributed by atoms with van der Waals surface area (Å²) in [5.41, 5.74) is 9.94. The summed E-state index contributed by atoms with van der Waals surface area (Å²) in [6.45, 7) is 1.91. The van der Waals surface area contributed by atoms with Crippen molar-refractivity contribution in [2.24, 2.45) is 5.73 Å². The first-order valence-corrected chi connectivity index (χ1v) is 8.33. The molecule has 24 heavy (non-hydrogen) atoms. The van der Waals surface area contributed by atoms with Crippen molar-refractivity contribution in [3.8, 4) is 11.4 Å². The second-order valence-electron chi connectivity index (χ2n) is 6.48. The van der Waals surface area contributed by atoms with Crippen LogP contribution in [0.15, 0.2) is 47.3 Å². The smallest absolute Gasteiger partial charge is 0.267 e. The van der Waals surface area contributed by atoms with Gasteiger partial charge in [0.05, 0.1) is 5.39 Å². The molecule has 2 aromatic carbocycles. The first-order chi connectivity index (χ1) is 11.6. The maximum Gasteiger partial charge on any atom is 0.267 e. The summed E-state index contributed by atoms with van der Waals surface area (Å²) in [7, 11) is 0. The minimum absolute atomic E-state index is 0.0443. The number of para-hydroxylation sites is 1. The fourth-order valence-corrected chi connectivity index (χ4v) is 3.91. The van der Waals surface area contributed by atoms with Crippen LogP contribution in [0, 0.1) is 0 Å². The van der Waals surface area contributed by atoms with Crippen molar-refractivity contribution in [2.45, 2.75) is 32.2 Å². The van der Waals surface area contributed by atoms with Gasteiger partial charge in [-0.2, -0.15) is 0 Å². The van der Waals surface area contributed by atoms with Crippen LogP contribution in [0.1, 0.15) is 36.2 Å². The Hall–Kier alpha value is -2.59. The van der Waals surface area contributed by atoms with E-state index in [0.29, 0.717) is 5.39 Å². The van der Waals surface area contributed by atoms with Gasteiger partial charge in [0.1, 0.15) is 5.75 Å². The molecule has 0 bridgehead atoms. The lowest BCUT2D eigenvalue weighted by Gasteiger charge is -2.26. The fourth-order valence-electron chi connectivity index (χ4n) is 3.91. The van der Waals surface area contributed by atoms with Crippen LogP contribution in [0.25, 0.3) is 16.5 Å². The Bertz CT molecular complexity index is 988. The number of phenolic OH excluding ortho intramolecular Hbond substituents is 1. The van der Waals surface area contributed by atoms with E-state index in [4.69, 9.17) is 5.73 Å². The molecule has 0 spiro atoms. The minimum atomic E-state index is -0.273. The number of aryl methyl sites for hydroxylation is 2. The summed E-state index contributed by atoms with van der Waals surface area (Å²) in [4.78, 5) is 13.3. The summed E-state index contributed by atoms with van der Waals surface area (Å²) in [6, 6.07) is 12.8. The standard InChI is InChI=1S/C20H20N2O2/c1-12(21)19-15-9-5-6-13-10-11-16(23)18(17(13)15)20(24)22(19)14-7-3-2-4-8-14/h2-4,7-8,10-12,23H,5-6,9,21H2,1H3/t12-/m0/s1. The largest absolute Gasteiger partial charge is 0.507 e. The molecule has 1 aliphatic carbocycles. The molecular formula is C20H20N2O2. The maximum absolute atomic E-state index is 13.3. The van der Waals surface area contributed by atoms with Gasteiger partial charge in [0.2, 0.25) is 0 Å². The van der Waals surface area contributed by atoms with E-state index in [2.05, 4.69) is 0 Å². The molecule has 1 heterocycles. The molecule has 122 valence electrons. The molecule has 1 aliphatic rings. The Labute approximate surface area is 140 Å². The second kappa shape index (κ2) is 5.49. The number of benzene rings is 2. The quantitative estimate of drug-likeness (QED) is 0.762. The Morgan fingerprint density at radius 2 is 1.83 bits per heavy atom. The molecule has 3 N–H and O–H groups in total. The van der Waals surface area contributed by atoms with Crippen LogP contribution in [0.3, 0.4) is 0 Å². The molecule has 0 saturated heterocycles. The Kier molecular flexibility index (Phi) is 3.43. The van der Waals surface area contributed by atoms with E-state index in [1.807, 2.05) is 43.3 Å². The van der Waals surface area contributed by atoms with Gasteiger partial charge < -0.3 is 10.8 Å². The van der Waals surface area contributed by atoms with Crippen LogP contribution in [0.4, 0.5) is 0 Å². The predicted octanol–water partition coefficient (Wildman–Crippen LogP) is 3.20. The molecule has 0 radical (unpaired) electrons. The Morgan fingerprint density at radius 1 is 1.08 bits per heavy atom. The molecular weight excluding hydrogens is 300 g/mol.